The molecule has 10 rings (SSSR count). The molecule has 0 bridgehead atoms. The van der Waals surface area contributed by atoms with Crippen molar-refractivity contribution in [2.45, 2.75) is 19.3 Å². The van der Waals surface area contributed by atoms with Crippen molar-refractivity contribution in [1.82, 2.24) is 19.5 Å². The molecule has 7 aromatic carbocycles. The summed E-state index contributed by atoms with van der Waals surface area (Å²) in [5.41, 5.74) is 13.9. The molecule has 0 saturated heterocycles. The predicted octanol–water partition coefficient (Wildman–Crippen LogP) is 11.9. The molecule has 2 heterocycles. The second kappa shape index (κ2) is 11.7. The number of benzene rings is 7. The fourth-order valence-electron chi connectivity index (χ4n) is 8.11. The first kappa shape index (κ1) is 30.2. The molecule has 4 nitrogen and oxygen atoms in total. The third-order valence-corrected chi connectivity index (χ3v) is 10.7. The minimum atomic E-state index is -0.0933. The summed E-state index contributed by atoms with van der Waals surface area (Å²) in [6.45, 7) is 4.70. The van der Waals surface area contributed by atoms with E-state index in [0.29, 0.717) is 17.5 Å². The highest BCUT2D eigenvalue weighted by atomic mass is 15.0. The summed E-state index contributed by atoms with van der Waals surface area (Å²) in [4.78, 5) is 15.1. The zero-order valence-electron chi connectivity index (χ0n) is 29.0. The molecule has 0 aliphatic heterocycles. The molecular formula is C48H34N4. The summed E-state index contributed by atoms with van der Waals surface area (Å²) in [7, 11) is 0. The lowest BCUT2D eigenvalue weighted by atomic mass is 9.82. The van der Waals surface area contributed by atoms with E-state index in [0.717, 1.165) is 33.5 Å². The fourth-order valence-corrected chi connectivity index (χ4v) is 8.11. The summed E-state index contributed by atoms with van der Waals surface area (Å²) in [5.74, 6) is 1.94. The van der Waals surface area contributed by atoms with Crippen LogP contribution in [-0.2, 0) is 5.41 Å². The number of para-hydroxylation sites is 1. The van der Waals surface area contributed by atoms with Gasteiger partial charge in [-0.15, -0.1) is 0 Å². The van der Waals surface area contributed by atoms with Crippen LogP contribution < -0.4 is 0 Å². The molecule has 0 spiro atoms. The maximum Gasteiger partial charge on any atom is 0.164 e. The number of fused-ring (bicyclic) bond motifs is 6. The van der Waals surface area contributed by atoms with Crippen LogP contribution in [0.15, 0.2) is 170 Å². The van der Waals surface area contributed by atoms with Crippen LogP contribution in [-0.4, -0.2) is 19.5 Å². The smallest absolute Gasteiger partial charge is 0.164 e. The molecule has 0 fully saturated rings. The van der Waals surface area contributed by atoms with E-state index in [1.165, 1.54) is 44.1 Å². The minimum Gasteiger partial charge on any atom is -0.309 e. The maximum absolute atomic E-state index is 5.08. The summed E-state index contributed by atoms with van der Waals surface area (Å²) >= 11 is 0. The third kappa shape index (κ3) is 4.72. The number of hydrogen-bond acceptors (Lipinski definition) is 3. The Morgan fingerprint density at radius 2 is 0.962 bits per heavy atom. The second-order valence-electron chi connectivity index (χ2n) is 14.1. The molecule has 4 heteroatoms. The number of rotatable bonds is 5. The van der Waals surface area contributed by atoms with Crippen molar-refractivity contribution in [2.75, 3.05) is 0 Å². The number of hydrogen-bond donors (Lipinski definition) is 0. The Hall–Kier alpha value is -6.65. The zero-order valence-corrected chi connectivity index (χ0v) is 29.0. The zero-order chi connectivity index (χ0) is 34.8. The molecule has 1 aliphatic carbocycles. The van der Waals surface area contributed by atoms with Gasteiger partial charge in [0.25, 0.3) is 0 Å². The van der Waals surface area contributed by atoms with Gasteiger partial charge in [-0.2, -0.15) is 0 Å². The Morgan fingerprint density at radius 3 is 1.69 bits per heavy atom. The summed E-state index contributed by atoms with van der Waals surface area (Å²) in [5, 5.41) is 2.51. The van der Waals surface area contributed by atoms with Gasteiger partial charge in [0.15, 0.2) is 17.5 Å². The van der Waals surface area contributed by atoms with E-state index < -0.39 is 0 Å². The van der Waals surface area contributed by atoms with Crippen molar-refractivity contribution in [2.24, 2.45) is 0 Å². The monoisotopic (exact) mass is 666 g/mol. The summed E-state index contributed by atoms with van der Waals surface area (Å²) in [6, 6.07) is 60.1. The largest absolute Gasteiger partial charge is 0.309 e. The first-order chi connectivity index (χ1) is 25.5. The van der Waals surface area contributed by atoms with Crippen molar-refractivity contribution < 1.29 is 0 Å². The highest BCUT2D eigenvalue weighted by Gasteiger charge is 2.36. The van der Waals surface area contributed by atoms with Gasteiger partial charge in [-0.3, -0.25) is 0 Å². The standard InChI is InChI=1S/C48H34N4/c1-48(2)41-26-13-11-23-36(41)39-29-40-37-24-12-14-27-43(37)52(44(40)30-42(39)48)34-21-15-20-33(28-34)35-22-9-10-25-38(35)47-50-45(31-16-5-3-6-17-31)49-46(51-47)32-18-7-4-8-19-32/h3-30H,1-2H3. The van der Waals surface area contributed by atoms with Gasteiger partial charge in [0, 0.05) is 38.6 Å². The maximum atomic E-state index is 5.08. The molecule has 0 saturated carbocycles. The molecule has 1 aliphatic rings. The van der Waals surface area contributed by atoms with Gasteiger partial charge in [0.05, 0.1) is 11.0 Å². The predicted molar refractivity (Wildman–Crippen MR) is 213 cm³/mol. The van der Waals surface area contributed by atoms with Crippen LogP contribution in [0.25, 0.3) is 83.9 Å². The lowest BCUT2D eigenvalue weighted by Gasteiger charge is -2.21. The number of nitrogens with zero attached hydrogens (tertiary/aromatic N) is 4. The van der Waals surface area contributed by atoms with Crippen molar-refractivity contribution in [3.63, 3.8) is 0 Å². The van der Waals surface area contributed by atoms with Crippen LogP contribution >= 0.6 is 0 Å². The van der Waals surface area contributed by atoms with Crippen LogP contribution in [0.2, 0.25) is 0 Å². The van der Waals surface area contributed by atoms with Crippen LogP contribution in [0.1, 0.15) is 25.0 Å². The van der Waals surface area contributed by atoms with E-state index in [-0.39, 0.29) is 5.41 Å². The lowest BCUT2D eigenvalue weighted by molar-refractivity contribution is 0.661. The van der Waals surface area contributed by atoms with Crippen LogP contribution in [0.5, 0.6) is 0 Å². The quantitative estimate of drug-likeness (QED) is 0.184. The van der Waals surface area contributed by atoms with Gasteiger partial charge in [0.1, 0.15) is 0 Å². The molecule has 52 heavy (non-hydrogen) atoms. The molecular weight excluding hydrogens is 633 g/mol. The van der Waals surface area contributed by atoms with E-state index in [9.17, 15) is 0 Å². The first-order valence-corrected chi connectivity index (χ1v) is 17.8. The van der Waals surface area contributed by atoms with E-state index in [1.807, 2.05) is 60.7 Å². The molecule has 246 valence electrons. The topological polar surface area (TPSA) is 43.6 Å². The molecule has 2 aromatic heterocycles. The average Bonchev–Trinajstić information content (AvgIpc) is 3.65. The lowest BCUT2D eigenvalue weighted by Crippen LogP contribution is -2.14. The summed E-state index contributed by atoms with van der Waals surface area (Å²) in [6.07, 6.45) is 0. The molecule has 0 atom stereocenters. The molecule has 0 N–H and O–H groups in total. The minimum absolute atomic E-state index is 0.0933. The van der Waals surface area contributed by atoms with E-state index in [2.05, 4.69) is 128 Å². The van der Waals surface area contributed by atoms with Crippen molar-refractivity contribution in [3.05, 3.63) is 181 Å². The SMILES string of the molecule is CC1(C)c2ccccc2-c2cc3c4ccccc4n(-c4cccc(-c5ccccc5-c5nc(-c6ccccc6)nc(-c6ccccc6)n5)c4)c3cc21. The normalized spacial score (nSPS) is 13.0. The van der Waals surface area contributed by atoms with Gasteiger partial charge in [-0.1, -0.05) is 153 Å². The molecule has 0 radical (unpaired) electrons. The van der Waals surface area contributed by atoms with Gasteiger partial charge in [-0.05, 0) is 63.7 Å². The second-order valence-corrected chi connectivity index (χ2v) is 14.1. The van der Waals surface area contributed by atoms with E-state index >= 15 is 0 Å². The van der Waals surface area contributed by atoms with Crippen molar-refractivity contribution in [3.8, 4) is 62.1 Å². The Bertz CT molecular complexity index is 2760. The third-order valence-electron chi connectivity index (χ3n) is 10.7. The Kier molecular flexibility index (Phi) is 6.80. The average molecular weight is 667 g/mol. The van der Waals surface area contributed by atoms with Crippen LogP contribution in [0, 0.1) is 0 Å². The van der Waals surface area contributed by atoms with Gasteiger partial charge in [0.2, 0.25) is 0 Å². The molecule has 0 unspecified atom stereocenters. The molecule has 0 amide bonds. The Labute approximate surface area is 302 Å². The Balaban J connectivity index is 1.16. The van der Waals surface area contributed by atoms with Crippen molar-refractivity contribution >= 4 is 21.8 Å². The highest BCUT2D eigenvalue weighted by molar-refractivity contribution is 6.11. The Morgan fingerprint density at radius 1 is 0.385 bits per heavy atom. The van der Waals surface area contributed by atoms with Gasteiger partial charge < -0.3 is 4.57 Å². The summed E-state index contributed by atoms with van der Waals surface area (Å²) < 4.78 is 2.43. The van der Waals surface area contributed by atoms with E-state index in [1.54, 1.807) is 0 Å². The van der Waals surface area contributed by atoms with E-state index in [4.69, 9.17) is 15.0 Å². The number of aromatic nitrogens is 4. The fraction of sp³-hybridized carbons (Fsp3) is 0.0625. The van der Waals surface area contributed by atoms with Gasteiger partial charge in [-0.25, -0.2) is 15.0 Å². The van der Waals surface area contributed by atoms with Crippen molar-refractivity contribution in [1.29, 1.82) is 0 Å². The van der Waals surface area contributed by atoms with Crippen LogP contribution in [0.4, 0.5) is 0 Å². The van der Waals surface area contributed by atoms with Crippen LogP contribution in [0.3, 0.4) is 0 Å². The first-order valence-electron chi connectivity index (χ1n) is 17.8. The molecule has 9 aromatic rings. The highest BCUT2D eigenvalue weighted by Crippen LogP contribution is 2.51. The van der Waals surface area contributed by atoms with Gasteiger partial charge >= 0.3 is 0 Å².